The van der Waals surface area contributed by atoms with E-state index in [4.69, 9.17) is 0 Å². The molecule has 1 aromatic carbocycles. The molecule has 0 aliphatic carbocycles. The maximum Gasteiger partial charge on any atom is 0.329 e. The van der Waals surface area contributed by atoms with Gasteiger partial charge in [-0.2, -0.15) is 11.8 Å². The molecule has 0 aromatic heterocycles. The molecule has 16 heavy (non-hydrogen) atoms. The fourth-order valence-corrected chi connectivity index (χ4v) is 2.51. The van der Waals surface area contributed by atoms with Crippen LogP contribution in [-0.4, -0.2) is 29.6 Å². The van der Waals surface area contributed by atoms with Gasteiger partial charge >= 0.3 is 5.97 Å². The van der Waals surface area contributed by atoms with Gasteiger partial charge in [-0.25, -0.2) is 4.79 Å². The number of aliphatic carboxylic acids is 1. The molecule has 1 atom stereocenters. The number of carboxylic acid groups (broad SMARTS) is 1. The summed E-state index contributed by atoms with van der Waals surface area (Å²) >= 11 is 1.62. The zero-order chi connectivity index (χ0) is 12.0. The Morgan fingerprint density at radius 3 is 2.50 bits per heavy atom. The molecule has 0 fully saturated rings. The summed E-state index contributed by atoms with van der Waals surface area (Å²) in [6, 6.07) is 9.31. The molecule has 1 rings (SSSR count). The van der Waals surface area contributed by atoms with E-state index in [0.29, 0.717) is 5.75 Å². The van der Waals surface area contributed by atoms with E-state index in [1.807, 2.05) is 37.3 Å². The highest BCUT2D eigenvalue weighted by atomic mass is 32.2. The van der Waals surface area contributed by atoms with Crippen molar-refractivity contribution in [2.75, 3.05) is 18.6 Å². The van der Waals surface area contributed by atoms with Gasteiger partial charge in [-0.1, -0.05) is 37.3 Å². The van der Waals surface area contributed by atoms with Gasteiger partial charge in [0.15, 0.2) is 5.54 Å². The van der Waals surface area contributed by atoms with Gasteiger partial charge in [-0.15, -0.1) is 0 Å². The second kappa shape index (κ2) is 5.92. The van der Waals surface area contributed by atoms with Crippen molar-refractivity contribution in [1.29, 1.82) is 0 Å². The maximum absolute atomic E-state index is 11.5. The van der Waals surface area contributed by atoms with E-state index >= 15 is 0 Å². The molecule has 0 aliphatic rings. The Kier molecular flexibility index (Phi) is 4.83. The Balaban J connectivity index is 3.07. The van der Waals surface area contributed by atoms with Crippen molar-refractivity contribution in [2.45, 2.75) is 12.5 Å². The highest BCUT2D eigenvalue weighted by Crippen LogP contribution is 2.25. The topological polar surface area (TPSA) is 49.3 Å². The van der Waals surface area contributed by atoms with Crippen LogP contribution in [0.5, 0.6) is 0 Å². The second-order valence-corrected chi connectivity index (χ2v) is 4.74. The van der Waals surface area contributed by atoms with Gasteiger partial charge < -0.3 is 10.4 Å². The number of benzene rings is 1. The van der Waals surface area contributed by atoms with Crippen molar-refractivity contribution in [3.8, 4) is 0 Å². The number of rotatable bonds is 6. The normalized spacial score (nSPS) is 14.4. The molecule has 4 heteroatoms. The summed E-state index contributed by atoms with van der Waals surface area (Å²) in [7, 11) is 1.69. The molecule has 1 unspecified atom stereocenters. The van der Waals surface area contributed by atoms with Crippen LogP contribution >= 0.6 is 11.8 Å². The maximum atomic E-state index is 11.5. The first kappa shape index (κ1) is 13.1. The summed E-state index contributed by atoms with van der Waals surface area (Å²) < 4.78 is 0. The van der Waals surface area contributed by atoms with E-state index in [1.165, 1.54) is 0 Å². The van der Waals surface area contributed by atoms with Crippen molar-refractivity contribution in [1.82, 2.24) is 5.32 Å². The van der Waals surface area contributed by atoms with Crippen LogP contribution in [0.2, 0.25) is 0 Å². The number of likely N-dealkylation sites (N-methyl/N-ethyl adjacent to an activating group) is 1. The summed E-state index contributed by atoms with van der Waals surface area (Å²) in [5, 5.41) is 12.4. The Morgan fingerprint density at radius 1 is 1.44 bits per heavy atom. The van der Waals surface area contributed by atoms with Gasteiger partial charge in [0.2, 0.25) is 0 Å². The van der Waals surface area contributed by atoms with Crippen LogP contribution in [0.4, 0.5) is 0 Å². The van der Waals surface area contributed by atoms with Crippen molar-refractivity contribution in [3.05, 3.63) is 35.9 Å². The van der Waals surface area contributed by atoms with E-state index < -0.39 is 11.5 Å². The number of thioether (sulfide) groups is 1. The van der Waals surface area contributed by atoms with Gasteiger partial charge in [-0.3, -0.25) is 0 Å². The van der Waals surface area contributed by atoms with Crippen molar-refractivity contribution in [3.63, 3.8) is 0 Å². The Bertz CT molecular complexity index is 342. The average molecular weight is 239 g/mol. The molecule has 0 spiro atoms. The zero-order valence-corrected chi connectivity index (χ0v) is 10.4. The SMILES string of the molecule is CCSCC(NC)(C(=O)O)c1ccccc1. The number of hydrogen-bond acceptors (Lipinski definition) is 3. The van der Waals surface area contributed by atoms with Crippen LogP contribution in [0, 0.1) is 0 Å². The molecule has 0 aliphatic heterocycles. The fraction of sp³-hybridized carbons (Fsp3) is 0.417. The smallest absolute Gasteiger partial charge is 0.329 e. The average Bonchev–Trinajstić information content (AvgIpc) is 2.31. The minimum Gasteiger partial charge on any atom is -0.480 e. The summed E-state index contributed by atoms with van der Waals surface area (Å²) in [6.45, 7) is 2.03. The van der Waals surface area contributed by atoms with Gasteiger partial charge in [-0.05, 0) is 18.4 Å². The van der Waals surface area contributed by atoms with Crippen molar-refractivity contribution < 1.29 is 9.90 Å². The standard InChI is InChI=1S/C12H17NO2S/c1-3-16-9-12(13-2,11(14)15)10-7-5-4-6-8-10/h4-8,13H,3,9H2,1-2H3,(H,14,15). The van der Waals surface area contributed by atoms with E-state index in [9.17, 15) is 9.90 Å². The lowest BCUT2D eigenvalue weighted by atomic mass is 9.92. The monoisotopic (exact) mass is 239 g/mol. The molecule has 2 N–H and O–H groups in total. The molecule has 1 aromatic rings. The highest BCUT2D eigenvalue weighted by Gasteiger charge is 2.38. The predicted octanol–water partition coefficient (Wildman–Crippen LogP) is 1.94. The van der Waals surface area contributed by atoms with Gasteiger partial charge in [0, 0.05) is 5.75 Å². The van der Waals surface area contributed by atoms with Crippen LogP contribution in [0.3, 0.4) is 0 Å². The largest absolute Gasteiger partial charge is 0.480 e. The quantitative estimate of drug-likeness (QED) is 0.796. The number of hydrogen-bond donors (Lipinski definition) is 2. The van der Waals surface area contributed by atoms with E-state index in [0.717, 1.165) is 11.3 Å². The van der Waals surface area contributed by atoms with Gasteiger partial charge in [0.1, 0.15) is 0 Å². The second-order valence-electron chi connectivity index (χ2n) is 3.46. The first-order valence-electron chi connectivity index (χ1n) is 5.23. The van der Waals surface area contributed by atoms with E-state index in [2.05, 4.69) is 5.32 Å². The van der Waals surface area contributed by atoms with Crippen LogP contribution in [-0.2, 0) is 10.3 Å². The predicted molar refractivity (Wildman–Crippen MR) is 67.8 cm³/mol. The Hall–Kier alpha value is -1.00. The summed E-state index contributed by atoms with van der Waals surface area (Å²) in [5.41, 5.74) is -0.187. The van der Waals surface area contributed by atoms with Crippen molar-refractivity contribution in [2.24, 2.45) is 0 Å². The first-order chi connectivity index (χ1) is 7.67. The molecule has 0 heterocycles. The molecule has 0 bridgehead atoms. The molecule has 0 saturated carbocycles. The van der Waals surface area contributed by atoms with Crippen LogP contribution in [0.15, 0.2) is 30.3 Å². The zero-order valence-electron chi connectivity index (χ0n) is 9.56. The molecule has 0 radical (unpaired) electrons. The number of carbonyl (C=O) groups is 1. The number of carboxylic acids is 1. The lowest BCUT2D eigenvalue weighted by Crippen LogP contribution is -2.49. The van der Waals surface area contributed by atoms with Crippen LogP contribution in [0.1, 0.15) is 12.5 Å². The van der Waals surface area contributed by atoms with Crippen LogP contribution in [0.25, 0.3) is 0 Å². The number of nitrogens with one attached hydrogen (secondary N) is 1. The lowest BCUT2D eigenvalue weighted by molar-refractivity contribution is -0.144. The third-order valence-electron chi connectivity index (χ3n) is 2.58. The third-order valence-corrected chi connectivity index (χ3v) is 3.63. The summed E-state index contributed by atoms with van der Waals surface area (Å²) in [4.78, 5) is 11.5. The minimum atomic E-state index is -0.984. The van der Waals surface area contributed by atoms with Crippen LogP contribution < -0.4 is 5.32 Å². The molecule has 88 valence electrons. The molecule has 0 saturated heterocycles. The van der Waals surface area contributed by atoms with Gasteiger partial charge in [0.05, 0.1) is 0 Å². The van der Waals surface area contributed by atoms with E-state index in [1.54, 1.807) is 18.8 Å². The minimum absolute atomic E-state index is 0.527. The molecular formula is C12H17NO2S. The molecule has 3 nitrogen and oxygen atoms in total. The lowest BCUT2D eigenvalue weighted by Gasteiger charge is -2.29. The summed E-state index contributed by atoms with van der Waals surface area (Å²) in [5.74, 6) is 0.602. The van der Waals surface area contributed by atoms with Crippen molar-refractivity contribution >= 4 is 17.7 Å². The Morgan fingerprint density at radius 2 is 2.06 bits per heavy atom. The van der Waals surface area contributed by atoms with Gasteiger partial charge in [0.25, 0.3) is 0 Å². The summed E-state index contributed by atoms with van der Waals surface area (Å²) in [6.07, 6.45) is 0. The molecular weight excluding hydrogens is 222 g/mol. The molecule has 0 amide bonds. The third kappa shape index (κ3) is 2.57. The van der Waals surface area contributed by atoms with E-state index in [-0.39, 0.29) is 0 Å². The first-order valence-corrected chi connectivity index (χ1v) is 6.38. The highest BCUT2D eigenvalue weighted by molar-refractivity contribution is 7.99. The Labute approximate surface area is 100 Å². The fourth-order valence-electron chi connectivity index (χ4n) is 1.57.